The first kappa shape index (κ1) is 23.0. The minimum atomic E-state index is -0.185. The summed E-state index contributed by atoms with van der Waals surface area (Å²) in [6.07, 6.45) is 3.09. The van der Waals surface area contributed by atoms with E-state index in [2.05, 4.69) is 37.1 Å². The highest BCUT2D eigenvalue weighted by Gasteiger charge is 2.36. The number of aromatic nitrogens is 3. The quantitative estimate of drug-likeness (QED) is 0.497. The van der Waals surface area contributed by atoms with Crippen LogP contribution in [0.5, 0.6) is 11.6 Å². The number of benzene rings is 1. The van der Waals surface area contributed by atoms with Crippen molar-refractivity contribution in [3.63, 3.8) is 0 Å². The lowest BCUT2D eigenvalue weighted by Crippen LogP contribution is -2.30. The fourth-order valence-electron chi connectivity index (χ4n) is 4.19. The third kappa shape index (κ3) is 4.64. The molecule has 0 fully saturated rings. The standard InChI is InChI=1S/C26H32N4O3/c1-6-20-23(18-12-11-17(31-5)14-16(18)4)28-21(7-2)25(29-20)30-24-19-10-9-13-27-26(19)33-22(24)15-32-8-3/h9-14,22,24H,6-8,15H2,1-5H3,(H,29,30)/t22-,24+/m1/s1. The van der Waals surface area contributed by atoms with Crippen molar-refractivity contribution in [2.75, 3.05) is 25.6 Å². The second-order valence-corrected chi connectivity index (χ2v) is 8.04. The minimum Gasteiger partial charge on any atom is -0.497 e. The molecule has 2 aromatic heterocycles. The van der Waals surface area contributed by atoms with Gasteiger partial charge in [-0.1, -0.05) is 13.8 Å². The molecule has 1 N–H and O–H groups in total. The average Bonchev–Trinajstić information content (AvgIpc) is 3.19. The number of fused-ring (bicyclic) bond motifs is 1. The molecule has 0 radical (unpaired) electrons. The molecule has 3 heterocycles. The number of nitrogens with zero attached hydrogens (tertiary/aromatic N) is 3. The lowest BCUT2D eigenvalue weighted by Gasteiger charge is -2.23. The van der Waals surface area contributed by atoms with E-state index in [9.17, 15) is 0 Å². The van der Waals surface area contributed by atoms with Gasteiger partial charge in [-0.05, 0) is 62.6 Å². The number of pyridine rings is 1. The highest BCUT2D eigenvalue weighted by atomic mass is 16.5. The van der Waals surface area contributed by atoms with Crippen LogP contribution < -0.4 is 14.8 Å². The highest BCUT2D eigenvalue weighted by Crippen LogP contribution is 2.38. The second kappa shape index (κ2) is 10.2. The number of methoxy groups -OCH3 is 1. The van der Waals surface area contributed by atoms with Gasteiger partial charge in [0.2, 0.25) is 5.88 Å². The van der Waals surface area contributed by atoms with Crippen LogP contribution >= 0.6 is 0 Å². The first-order valence-corrected chi connectivity index (χ1v) is 11.6. The molecule has 0 bridgehead atoms. The Morgan fingerprint density at radius 1 is 1.06 bits per heavy atom. The fourth-order valence-corrected chi connectivity index (χ4v) is 4.19. The van der Waals surface area contributed by atoms with Crippen LogP contribution in [0.3, 0.4) is 0 Å². The molecular formula is C26H32N4O3. The largest absolute Gasteiger partial charge is 0.497 e. The third-order valence-electron chi connectivity index (χ3n) is 5.95. The van der Waals surface area contributed by atoms with Gasteiger partial charge in [0.25, 0.3) is 0 Å². The van der Waals surface area contributed by atoms with E-state index in [1.54, 1.807) is 13.3 Å². The van der Waals surface area contributed by atoms with Crippen LogP contribution in [-0.2, 0) is 17.6 Å². The van der Waals surface area contributed by atoms with Gasteiger partial charge in [-0.15, -0.1) is 0 Å². The number of hydrogen-bond donors (Lipinski definition) is 1. The van der Waals surface area contributed by atoms with Crippen molar-refractivity contribution in [1.82, 2.24) is 15.0 Å². The highest BCUT2D eigenvalue weighted by molar-refractivity contribution is 5.68. The average molecular weight is 449 g/mol. The number of nitrogens with one attached hydrogen (secondary N) is 1. The van der Waals surface area contributed by atoms with E-state index in [-0.39, 0.29) is 12.1 Å². The van der Waals surface area contributed by atoms with E-state index in [0.717, 1.165) is 58.2 Å². The van der Waals surface area contributed by atoms with Gasteiger partial charge in [-0.25, -0.2) is 15.0 Å². The Balaban J connectivity index is 1.72. The molecule has 0 aliphatic carbocycles. The molecule has 0 saturated heterocycles. The van der Waals surface area contributed by atoms with Crippen molar-refractivity contribution in [2.45, 2.75) is 52.7 Å². The van der Waals surface area contributed by atoms with Crippen molar-refractivity contribution in [1.29, 1.82) is 0 Å². The molecule has 0 amide bonds. The van der Waals surface area contributed by atoms with E-state index < -0.39 is 0 Å². The summed E-state index contributed by atoms with van der Waals surface area (Å²) < 4.78 is 17.2. The van der Waals surface area contributed by atoms with Gasteiger partial charge in [0.05, 0.1) is 36.8 Å². The van der Waals surface area contributed by atoms with Gasteiger partial charge in [0, 0.05) is 23.9 Å². The lowest BCUT2D eigenvalue weighted by molar-refractivity contribution is 0.0579. The minimum absolute atomic E-state index is 0.113. The zero-order valence-electron chi connectivity index (χ0n) is 20.0. The first-order chi connectivity index (χ1) is 16.1. The molecule has 0 unspecified atom stereocenters. The molecule has 1 aliphatic rings. The van der Waals surface area contributed by atoms with Crippen molar-refractivity contribution in [3.05, 3.63) is 59.0 Å². The zero-order chi connectivity index (χ0) is 23.4. The van der Waals surface area contributed by atoms with Crippen LogP contribution in [0.1, 0.15) is 49.3 Å². The molecule has 1 aliphatic heterocycles. The number of anilines is 1. The van der Waals surface area contributed by atoms with E-state index in [0.29, 0.717) is 19.1 Å². The van der Waals surface area contributed by atoms with Gasteiger partial charge in [0.15, 0.2) is 0 Å². The smallest absolute Gasteiger partial charge is 0.219 e. The van der Waals surface area contributed by atoms with E-state index in [4.69, 9.17) is 24.2 Å². The normalized spacial score (nSPS) is 16.9. The number of hydrogen-bond acceptors (Lipinski definition) is 7. The van der Waals surface area contributed by atoms with Crippen LogP contribution in [-0.4, -0.2) is 41.4 Å². The predicted octanol–water partition coefficient (Wildman–Crippen LogP) is 4.93. The lowest BCUT2D eigenvalue weighted by atomic mass is 10.0. The summed E-state index contributed by atoms with van der Waals surface area (Å²) in [6.45, 7) is 9.38. The topological polar surface area (TPSA) is 78.4 Å². The van der Waals surface area contributed by atoms with Crippen molar-refractivity contribution >= 4 is 5.82 Å². The van der Waals surface area contributed by atoms with Gasteiger partial charge in [0.1, 0.15) is 17.7 Å². The van der Waals surface area contributed by atoms with Gasteiger partial charge < -0.3 is 19.5 Å². The van der Waals surface area contributed by atoms with E-state index >= 15 is 0 Å². The van der Waals surface area contributed by atoms with Gasteiger partial charge in [-0.3, -0.25) is 0 Å². The van der Waals surface area contributed by atoms with Crippen LogP contribution in [0.25, 0.3) is 11.3 Å². The van der Waals surface area contributed by atoms with Crippen molar-refractivity contribution < 1.29 is 14.2 Å². The van der Waals surface area contributed by atoms with Gasteiger partial charge >= 0.3 is 0 Å². The molecule has 7 heteroatoms. The molecule has 3 aromatic rings. The second-order valence-electron chi connectivity index (χ2n) is 8.04. The predicted molar refractivity (Wildman–Crippen MR) is 129 cm³/mol. The maximum atomic E-state index is 6.10. The van der Waals surface area contributed by atoms with Crippen molar-refractivity contribution in [3.8, 4) is 22.9 Å². The third-order valence-corrected chi connectivity index (χ3v) is 5.95. The molecule has 0 saturated carbocycles. The monoisotopic (exact) mass is 448 g/mol. The first-order valence-electron chi connectivity index (χ1n) is 11.6. The number of ether oxygens (including phenoxy) is 3. The van der Waals surface area contributed by atoms with Crippen LogP contribution in [0.15, 0.2) is 36.5 Å². The molecule has 174 valence electrons. The molecule has 1 aromatic carbocycles. The maximum absolute atomic E-state index is 6.10. The van der Waals surface area contributed by atoms with Crippen LogP contribution in [0.4, 0.5) is 5.82 Å². The summed E-state index contributed by atoms with van der Waals surface area (Å²) in [7, 11) is 1.68. The summed E-state index contributed by atoms with van der Waals surface area (Å²) in [5.41, 5.74) is 6.01. The number of rotatable bonds is 9. The molecule has 2 atom stereocenters. The Bertz CT molecular complexity index is 1120. The molecule has 33 heavy (non-hydrogen) atoms. The number of aryl methyl sites for hydroxylation is 3. The van der Waals surface area contributed by atoms with Crippen LogP contribution in [0.2, 0.25) is 0 Å². The van der Waals surface area contributed by atoms with E-state index in [1.807, 2.05) is 31.2 Å². The molecule has 4 rings (SSSR count). The summed E-state index contributed by atoms with van der Waals surface area (Å²) >= 11 is 0. The summed E-state index contributed by atoms with van der Waals surface area (Å²) in [5.74, 6) is 2.27. The Morgan fingerprint density at radius 2 is 1.88 bits per heavy atom. The Labute approximate surface area is 195 Å². The fraction of sp³-hybridized carbons (Fsp3) is 0.423. The Hall–Kier alpha value is -3.19. The molecule has 0 spiro atoms. The van der Waals surface area contributed by atoms with Gasteiger partial charge in [-0.2, -0.15) is 0 Å². The van der Waals surface area contributed by atoms with Crippen molar-refractivity contribution in [2.24, 2.45) is 0 Å². The maximum Gasteiger partial charge on any atom is 0.219 e. The summed E-state index contributed by atoms with van der Waals surface area (Å²) in [4.78, 5) is 14.5. The summed E-state index contributed by atoms with van der Waals surface area (Å²) in [5, 5.41) is 3.62. The Kier molecular flexibility index (Phi) is 7.08. The molecule has 7 nitrogen and oxygen atoms in total. The zero-order valence-corrected chi connectivity index (χ0v) is 20.0. The Morgan fingerprint density at radius 3 is 2.58 bits per heavy atom. The SMILES string of the molecule is CCOC[C@H]1Oc2ncccc2[C@@H]1Nc1nc(CC)c(-c2ccc(OC)cc2C)nc1CC. The summed E-state index contributed by atoms with van der Waals surface area (Å²) in [6, 6.07) is 9.93. The van der Waals surface area contributed by atoms with E-state index in [1.165, 1.54) is 0 Å². The van der Waals surface area contributed by atoms with Crippen LogP contribution in [0, 0.1) is 6.92 Å². The molecular weight excluding hydrogens is 416 g/mol.